The lowest BCUT2D eigenvalue weighted by atomic mass is 10.1. The van der Waals surface area contributed by atoms with E-state index in [0.29, 0.717) is 23.5 Å². The van der Waals surface area contributed by atoms with Gasteiger partial charge in [0, 0.05) is 12.1 Å². The number of carboxylic acid groups (broad SMARTS) is 1. The van der Waals surface area contributed by atoms with Crippen LogP contribution in [0, 0.1) is 0 Å². The number of carbonyl (C=O) groups is 1. The Kier molecular flexibility index (Phi) is 3.96. The van der Waals surface area contributed by atoms with Crippen LogP contribution >= 0.6 is 10.9 Å². The van der Waals surface area contributed by atoms with Crippen LogP contribution in [-0.4, -0.2) is 21.8 Å². The molecule has 0 unspecified atom stereocenters. The van der Waals surface area contributed by atoms with E-state index in [0.717, 1.165) is 21.9 Å². The Morgan fingerprint density at radius 1 is 1.25 bits per heavy atom. The Balaban J connectivity index is 2.86. The summed E-state index contributed by atoms with van der Waals surface area (Å²) in [6.45, 7) is 0. The predicted molar refractivity (Wildman–Crippen MR) is 70.7 cm³/mol. The van der Waals surface area contributed by atoms with E-state index in [1.807, 2.05) is 0 Å². The van der Waals surface area contributed by atoms with Gasteiger partial charge in [0.1, 0.15) is 0 Å². The van der Waals surface area contributed by atoms with Crippen LogP contribution in [-0.2, 0) is 11.2 Å². The van der Waals surface area contributed by atoms with Crippen LogP contribution in [0.25, 0.3) is 0 Å². The molecule has 0 spiro atoms. The highest BCUT2D eigenvalue weighted by molar-refractivity contribution is 7.97. The highest BCUT2D eigenvalue weighted by Crippen LogP contribution is 2.22. The van der Waals surface area contributed by atoms with Crippen LogP contribution in [0.5, 0.6) is 0 Å². The molecule has 0 saturated heterocycles. The van der Waals surface area contributed by atoms with Crippen molar-refractivity contribution in [1.29, 1.82) is 0 Å². The average Bonchev–Trinajstić information content (AvgIpc) is 2.19. The standard InChI is InChI=1S/C10H13N3O2S/c11-7-4-9(13)8(12)3-6(7)1-2-16-5-10(14)15/h2-5H,1,11-13H2,(H,14,15). The van der Waals surface area contributed by atoms with E-state index < -0.39 is 5.97 Å². The number of hydrogen-bond donors (Lipinski definition) is 4. The molecule has 16 heavy (non-hydrogen) atoms. The Morgan fingerprint density at radius 3 is 2.50 bits per heavy atom. The van der Waals surface area contributed by atoms with Crippen LogP contribution in [0.15, 0.2) is 12.1 Å². The monoisotopic (exact) mass is 239 g/mol. The van der Waals surface area contributed by atoms with E-state index >= 15 is 0 Å². The highest BCUT2D eigenvalue weighted by Gasteiger charge is 2.01. The second-order valence-corrected chi connectivity index (χ2v) is 3.98. The molecule has 1 aromatic rings. The van der Waals surface area contributed by atoms with E-state index in [9.17, 15) is 4.79 Å². The Bertz CT molecular complexity index is 479. The number of carboxylic acids is 1. The third kappa shape index (κ3) is 3.32. The molecule has 0 aliphatic heterocycles. The van der Waals surface area contributed by atoms with Crippen molar-refractivity contribution < 1.29 is 9.90 Å². The van der Waals surface area contributed by atoms with Crippen molar-refractivity contribution in [3.63, 3.8) is 0 Å². The van der Waals surface area contributed by atoms with Crippen molar-refractivity contribution in [3.05, 3.63) is 17.7 Å². The molecule has 6 heteroatoms. The van der Waals surface area contributed by atoms with Gasteiger partial charge in [0.05, 0.1) is 16.7 Å². The number of benzene rings is 1. The number of anilines is 3. The van der Waals surface area contributed by atoms with Gasteiger partial charge in [0.2, 0.25) is 0 Å². The van der Waals surface area contributed by atoms with Crippen molar-refractivity contribution in [2.75, 3.05) is 17.2 Å². The number of aliphatic carboxylic acids is 1. The zero-order valence-electron chi connectivity index (χ0n) is 8.51. The van der Waals surface area contributed by atoms with Gasteiger partial charge in [-0.3, -0.25) is 0 Å². The quantitative estimate of drug-likeness (QED) is 0.450. The molecule has 1 rings (SSSR count). The molecule has 0 bridgehead atoms. The van der Waals surface area contributed by atoms with Crippen molar-refractivity contribution >= 4 is 44.7 Å². The summed E-state index contributed by atoms with van der Waals surface area (Å²) >= 11 is 0. The first kappa shape index (κ1) is 12.1. The summed E-state index contributed by atoms with van der Waals surface area (Å²) in [5, 5.41) is 11.2. The number of nitrogen functional groups attached to an aromatic ring is 3. The summed E-state index contributed by atoms with van der Waals surface area (Å²) in [6.07, 6.45) is 0.532. The Hall–Kier alpha value is -1.95. The molecule has 0 fully saturated rings. The maximum atomic E-state index is 10.2. The van der Waals surface area contributed by atoms with Crippen molar-refractivity contribution in [1.82, 2.24) is 0 Å². The fourth-order valence-electron chi connectivity index (χ4n) is 1.12. The van der Waals surface area contributed by atoms with Crippen molar-refractivity contribution in [3.8, 4) is 0 Å². The van der Waals surface area contributed by atoms with E-state index in [2.05, 4.69) is 0 Å². The molecule has 0 radical (unpaired) electrons. The number of hydrogen-bond acceptors (Lipinski definition) is 4. The van der Waals surface area contributed by atoms with E-state index in [4.69, 9.17) is 22.3 Å². The third-order valence-corrected chi connectivity index (χ3v) is 2.61. The van der Waals surface area contributed by atoms with Gasteiger partial charge in [-0.1, -0.05) is 0 Å². The van der Waals surface area contributed by atoms with Gasteiger partial charge in [-0.05, 0) is 23.1 Å². The molecule has 0 heterocycles. The first-order chi connectivity index (χ1) is 7.50. The molecule has 5 nitrogen and oxygen atoms in total. The van der Waals surface area contributed by atoms with Crippen LogP contribution in [0.3, 0.4) is 0 Å². The maximum absolute atomic E-state index is 10.2. The molecule has 86 valence electrons. The Labute approximate surface area is 96.4 Å². The molecule has 0 atom stereocenters. The molecule has 0 saturated carbocycles. The number of nitrogens with two attached hydrogens (primary N) is 3. The van der Waals surface area contributed by atoms with Gasteiger partial charge < -0.3 is 22.3 Å². The fraction of sp³-hybridized carbons (Fsp3) is 0.100. The second kappa shape index (κ2) is 5.22. The lowest BCUT2D eigenvalue weighted by Gasteiger charge is -2.06. The minimum Gasteiger partial charge on any atom is -0.477 e. The summed E-state index contributed by atoms with van der Waals surface area (Å²) in [7, 11) is 1.10. The fourth-order valence-corrected chi connectivity index (χ4v) is 1.61. The average molecular weight is 239 g/mol. The molecule has 0 aromatic heterocycles. The van der Waals surface area contributed by atoms with E-state index in [1.54, 1.807) is 17.5 Å². The molecule has 7 N–H and O–H groups in total. The summed E-state index contributed by atoms with van der Waals surface area (Å²) in [6, 6.07) is 3.30. The van der Waals surface area contributed by atoms with Gasteiger partial charge in [-0.2, -0.15) is 0 Å². The smallest absolute Gasteiger partial charge is 0.338 e. The highest BCUT2D eigenvalue weighted by atomic mass is 32.1. The first-order valence-corrected chi connectivity index (χ1v) is 5.41. The zero-order valence-corrected chi connectivity index (χ0v) is 9.33. The number of rotatable bonds is 3. The van der Waals surface area contributed by atoms with Crippen LogP contribution in [0.4, 0.5) is 17.1 Å². The van der Waals surface area contributed by atoms with Crippen LogP contribution < -0.4 is 17.2 Å². The van der Waals surface area contributed by atoms with Gasteiger partial charge in [0.15, 0.2) is 0 Å². The van der Waals surface area contributed by atoms with E-state index in [1.165, 1.54) is 0 Å². The maximum Gasteiger partial charge on any atom is 0.338 e. The molecular weight excluding hydrogens is 226 g/mol. The van der Waals surface area contributed by atoms with Gasteiger partial charge in [0.25, 0.3) is 0 Å². The van der Waals surface area contributed by atoms with E-state index in [-0.39, 0.29) is 0 Å². The molecular formula is C10H13N3O2S. The minimum absolute atomic E-state index is 0.450. The lowest BCUT2D eigenvalue weighted by Crippen LogP contribution is -2.01. The van der Waals surface area contributed by atoms with Gasteiger partial charge in [-0.15, -0.1) is 10.9 Å². The molecule has 0 aliphatic carbocycles. The summed E-state index contributed by atoms with van der Waals surface area (Å²) in [4.78, 5) is 10.2. The molecule has 0 amide bonds. The third-order valence-electron chi connectivity index (χ3n) is 1.91. The largest absolute Gasteiger partial charge is 0.477 e. The minimum atomic E-state index is -0.967. The van der Waals surface area contributed by atoms with Crippen LogP contribution in [0.2, 0.25) is 0 Å². The van der Waals surface area contributed by atoms with Crippen molar-refractivity contribution in [2.45, 2.75) is 6.42 Å². The lowest BCUT2D eigenvalue weighted by molar-refractivity contribution is -0.128. The Morgan fingerprint density at radius 2 is 1.88 bits per heavy atom. The van der Waals surface area contributed by atoms with Gasteiger partial charge in [-0.25, -0.2) is 4.79 Å². The topological polar surface area (TPSA) is 115 Å². The second-order valence-electron chi connectivity index (χ2n) is 3.14. The first-order valence-electron chi connectivity index (χ1n) is 4.47. The van der Waals surface area contributed by atoms with Crippen molar-refractivity contribution in [2.24, 2.45) is 0 Å². The summed E-state index contributed by atoms with van der Waals surface area (Å²) in [5.74, 6) is -0.967. The summed E-state index contributed by atoms with van der Waals surface area (Å²) < 4.78 is 0. The predicted octanol–water partition coefficient (Wildman–Crippen LogP) is 0.398. The molecule has 1 aromatic carbocycles. The normalized spacial score (nSPS) is 9.50. The van der Waals surface area contributed by atoms with Gasteiger partial charge >= 0.3 is 5.97 Å². The SMILES string of the molecule is Nc1cc(N)c(CC=S=CC(=O)O)cc1N. The summed E-state index contributed by atoms with van der Waals surface area (Å²) in [5.41, 5.74) is 19.3. The van der Waals surface area contributed by atoms with Crippen LogP contribution in [0.1, 0.15) is 5.56 Å². The molecule has 0 aliphatic rings. The zero-order chi connectivity index (χ0) is 12.1.